The second-order valence-corrected chi connectivity index (χ2v) is 4.83. The zero-order chi connectivity index (χ0) is 13.1. The first-order chi connectivity index (χ1) is 8.61. The predicted octanol–water partition coefficient (Wildman–Crippen LogP) is 3.70. The zero-order valence-corrected chi connectivity index (χ0v) is 11.8. The van der Waals surface area contributed by atoms with Gasteiger partial charge < -0.3 is 5.32 Å². The number of anilines is 1. The van der Waals surface area contributed by atoms with Crippen LogP contribution in [0.5, 0.6) is 0 Å². The molecule has 2 rings (SSSR count). The molecule has 6 heteroatoms. The normalized spacial score (nSPS) is 10.7. The van der Waals surface area contributed by atoms with Gasteiger partial charge in [-0.25, -0.2) is 9.67 Å². The SMILES string of the molecule is CCCNc1nc(-n2cc(C)cn2)c(Cl)cc1Cl. The quantitative estimate of drug-likeness (QED) is 0.931. The molecular formula is C12H14Cl2N4. The van der Waals surface area contributed by atoms with Crippen molar-refractivity contribution in [3.05, 3.63) is 34.1 Å². The van der Waals surface area contributed by atoms with Crippen LogP contribution in [0.3, 0.4) is 0 Å². The standard InChI is InChI=1S/C12H14Cl2N4/c1-3-4-15-11-9(13)5-10(14)12(17-11)18-7-8(2)6-16-18/h5-7H,3-4H2,1-2H3,(H,15,17). The Morgan fingerprint density at radius 2 is 2.11 bits per heavy atom. The lowest BCUT2D eigenvalue weighted by Crippen LogP contribution is -2.06. The van der Waals surface area contributed by atoms with Gasteiger partial charge in [0.25, 0.3) is 0 Å². The van der Waals surface area contributed by atoms with E-state index >= 15 is 0 Å². The molecule has 0 saturated heterocycles. The molecule has 0 radical (unpaired) electrons. The van der Waals surface area contributed by atoms with Crippen molar-refractivity contribution in [2.24, 2.45) is 0 Å². The molecule has 0 aliphatic rings. The Morgan fingerprint density at radius 1 is 1.33 bits per heavy atom. The maximum Gasteiger partial charge on any atom is 0.174 e. The van der Waals surface area contributed by atoms with Crippen molar-refractivity contribution in [2.75, 3.05) is 11.9 Å². The Labute approximate surface area is 116 Å². The van der Waals surface area contributed by atoms with Crippen LogP contribution in [0, 0.1) is 6.92 Å². The number of nitrogens with zero attached hydrogens (tertiary/aromatic N) is 3. The van der Waals surface area contributed by atoms with Crippen LogP contribution in [0.2, 0.25) is 10.0 Å². The average molecular weight is 285 g/mol. The van der Waals surface area contributed by atoms with Gasteiger partial charge in [0.2, 0.25) is 0 Å². The number of nitrogens with one attached hydrogen (secondary N) is 1. The summed E-state index contributed by atoms with van der Waals surface area (Å²) in [6, 6.07) is 1.68. The Hall–Kier alpha value is -1.26. The van der Waals surface area contributed by atoms with E-state index in [-0.39, 0.29) is 0 Å². The first-order valence-corrected chi connectivity index (χ1v) is 6.49. The average Bonchev–Trinajstić information content (AvgIpc) is 2.74. The Kier molecular flexibility index (Phi) is 4.09. The molecule has 4 nitrogen and oxygen atoms in total. The van der Waals surface area contributed by atoms with Crippen LogP contribution in [0.25, 0.3) is 5.82 Å². The molecule has 0 aliphatic heterocycles. The molecule has 0 aromatic carbocycles. The molecule has 96 valence electrons. The molecule has 2 aromatic heterocycles. The highest BCUT2D eigenvalue weighted by Crippen LogP contribution is 2.28. The van der Waals surface area contributed by atoms with Crippen molar-refractivity contribution in [2.45, 2.75) is 20.3 Å². The third-order valence-corrected chi connectivity index (χ3v) is 2.95. The van der Waals surface area contributed by atoms with E-state index in [0.29, 0.717) is 21.7 Å². The smallest absolute Gasteiger partial charge is 0.174 e. The van der Waals surface area contributed by atoms with E-state index in [0.717, 1.165) is 18.5 Å². The van der Waals surface area contributed by atoms with E-state index in [1.807, 2.05) is 13.1 Å². The van der Waals surface area contributed by atoms with Crippen molar-refractivity contribution in [3.63, 3.8) is 0 Å². The summed E-state index contributed by atoms with van der Waals surface area (Å²) in [7, 11) is 0. The molecule has 0 unspecified atom stereocenters. The fourth-order valence-electron chi connectivity index (χ4n) is 1.51. The van der Waals surface area contributed by atoms with Gasteiger partial charge in [0, 0.05) is 12.7 Å². The van der Waals surface area contributed by atoms with Crippen LogP contribution in [0.15, 0.2) is 18.5 Å². The molecule has 2 aromatic rings. The fraction of sp³-hybridized carbons (Fsp3) is 0.333. The molecule has 0 spiro atoms. The second-order valence-electron chi connectivity index (χ2n) is 4.01. The van der Waals surface area contributed by atoms with Crippen LogP contribution >= 0.6 is 23.2 Å². The lowest BCUT2D eigenvalue weighted by Gasteiger charge is -2.10. The van der Waals surface area contributed by atoms with E-state index < -0.39 is 0 Å². The molecule has 0 bridgehead atoms. The third-order valence-electron chi connectivity index (χ3n) is 2.38. The monoisotopic (exact) mass is 284 g/mol. The Balaban J connectivity index is 2.41. The summed E-state index contributed by atoms with van der Waals surface area (Å²) < 4.78 is 1.64. The minimum absolute atomic E-state index is 0.477. The molecule has 0 aliphatic carbocycles. The number of aryl methyl sites for hydroxylation is 1. The predicted molar refractivity (Wildman–Crippen MR) is 74.9 cm³/mol. The first kappa shape index (κ1) is 13.2. The van der Waals surface area contributed by atoms with Gasteiger partial charge in [-0.05, 0) is 25.0 Å². The summed E-state index contributed by atoms with van der Waals surface area (Å²) in [5.74, 6) is 1.21. The van der Waals surface area contributed by atoms with Crippen molar-refractivity contribution < 1.29 is 0 Å². The highest BCUT2D eigenvalue weighted by molar-refractivity contribution is 6.36. The minimum atomic E-state index is 0.477. The third kappa shape index (κ3) is 2.76. The zero-order valence-electron chi connectivity index (χ0n) is 10.2. The molecule has 1 N–H and O–H groups in total. The molecule has 0 amide bonds. The van der Waals surface area contributed by atoms with Gasteiger partial charge in [-0.3, -0.25) is 0 Å². The Morgan fingerprint density at radius 3 is 2.72 bits per heavy atom. The van der Waals surface area contributed by atoms with E-state index in [1.54, 1.807) is 16.9 Å². The van der Waals surface area contributed by atoms with E-state index in [2.05, 4.69) is 22.3 Å². The van der Waals surface area contributed by atoms with Gasteiger partial charge in [0.1, 0.15) is 5.82 Å². The minimum Gasteiger partial charge on any atom is -0.369 e. The van der Waals surface area contributed by atoms with Gasteiger partial charge in [0.05, 0.1) is 16.2 Å². The largest absolute Gasteiger partial charge is 0.369 e. The van der Waals surface area contributed by atoms with Crippen molar-refractivity contribution in [1.82, 2.24) is 14.8 Å². The molecule has 0 fully saturated rings. The molecule has 0 saturated carbocycles. The van der Waals surface area contributed by atoms with Gasteiger partial charge in [-0.2, -0.15) is 5.10 Å². The summed E-state index contributed by atoms with van der Waals surface area (Å²) >= 11 is 12.2. The Bertz CT molecular complexity index is 551. The first-order valence-electron chi connectivity index (χ1n) is 5.73. The summed E-state index contributed by atoms with van der Waals surface area (Å²) in [5, 5.41) is 8.35. The van der Waals surface area contributed by atoms with Crippen molar-refractivity contribution >= 4 is 29.0 Å². The molecule has 0 atom stereocenters. The maximum atomic E-state index is 6.14. The van der Waals surface area contributed by atoms with Gasteiger partial charge >= 0.3 is 0 Å². The topological polar surface area (TPSA) is 42.7 Å². The van der Waals surface area contributed by atoms with E-state index in [4.69, 9.17) is 23.2 Å². The number of rotatable bonds is 4. The molecular weight excluding hydrogens is 271 g/mol. The van der Waals surface area contributed by atoms with Gasteiger partial charge in [-0.15, -0.1) is 0 Å². The number of aromatic nitrogens is 3. The number of hydrogen-bond donors (Lipinski definition) is 1. The lowest BCUT2D eigenvalue weighted by molar-refractivity contribution is 0.845. The summed E-state index contributed by atoms with van der Waals surface area (Å²) in [6.07, 6.45) is 4.62. The van der Waals surface area contributed by atoms with Gasteiger partial charge in [-0.1, -0.05) is 30.1 Å². The van der Waals surface area contributed by atoms with Crippen molar-refractivity contribution in [3.8, 4) is 5.82 Å². The van der Waals surface area contributed by atoms with Crippen LogP contribution in [0.4, 0.5) is 5.82 Å². The lowest BCUT2D eigenvalue weighted by atomic mass is 10.4. The van der Waals surface area contributed by atoms with E-state index in [9.17, 15) is 0 Å². The number of pyridine rings is 1. The van der Waals surface area contributed by atoms with Crippen LogP contribution < -0.4 is 5.32 Å². The number of halogens is 2. The molecule has 2 heterocycles. The summed E-state index contributed by atoms with van der Waals surface area (Å²) in [5.41, 5.74) is 1.05. The highest BCUT2D eigenvalue weighted by Gasteiger charge is 2.11. The highest BCUT2D eigenvalue weighted by atomic mass is 35.5. The van der Waals surface area contributed by atoms with Crippen LogP contribution in [-0.4, -0.2) is 21.3 Å². The second kappa shape index (κ2) is 5.59. The number of hydrogen-bond acceptors (Lipinski definition) is 3. The summed E-state index contributed by atoms with van der Waals surface area (Å²) in [4.78, 5) is 4.42. The van der Waals surface area contributed by atoms with Crippen LogP contribution in [-0.2, 0) is 0 Å². The fourth-order valence-corrected chi connectivity index (χ4v) is 2.03. The van der Waals surface area contributed by atoms with Gasteiger partial charge in [0.15, 0.2) is 5.82 Å². The van der Waals surface area contributed by atoms with Crippen LogP contribution in [0.1, 0.15) is 18.9 Å². The van der Waals surface area contributed by atoms with Crippen molar-refractivity contribution in [1.29, 1.82) is 0 Å². The summed E-state index contributed by atoms with van der Waals surface area (Å²) in [6.45, 7) is 4.85. The maximum absolute atomic E-state index is 6.14. The molecule has 18 heavy (non-hydrogen) atoms. The van der Waals surface area contributed by atoms with E-state index in [1.165, 1.54) is 0 Å².